The van der Waals surface area contributed by atoms with Gasteiger partial charge in [-0.1, -0.05) is 30.3 Å². The molecule has 26 heteroatoms. The lowest BCUT2D eigenvalue weighted by molar-refractivity contribution is -0.138. The van der Waals surface area contributed by atoms with Crippen LogP contribution in [0.3, 0.4) is 0 Å². The fourth-order valence-corrected chi connectivity index (χ4v) is 15.3. The molecule has 6 aliphatic rings. The van der Waals surface area contributed by atoms with Crippen molar-refractivity contribution in [1.29, 1.82) is 0 Å². The minimum atomic E-state index is -4.43. The summed E-state index contributed by atoms with van der Waals surface area (Å²) in [5, 5.41) is 0. The third-order valence-corrected chi connectivity index (χ3v) is 19.6. The van der Waals surface area contributed by atoms with E-state index in [1.165, 1.54) is 60.9 Å². The molecule has 6 bridgehead atoms. The van der Waals surface area contributed by atoms with Crippen molar-refractivity contribution >= 4 is 17.7 Å². The van der Waals surface area contributed by atoms with Crippen molar-refractivity contribution in [3.05, 3.63) is 233 Å². The minimum Gasteiger partial charge on any atom is -0.332 e. The Morgan fingerprint density at radius 1 is 0.378 bits per heavy atom. The van der Waals surface area contributed by atoms with E-state index < -0.39 is 52.8 Å². The van der Waals surface area contributed by atoms with E-state index in [9.17, 15) is 62.7 Å². The first kappa shape index (κ1) is 66.6. The molecule has 6 fully saturated rings. The summed E-state index contributed by atoms with van der Waals surface area (Å²) in [6, 6.07) is 28.2. The molecular weight excluding hydrogens is 1290 g/mol. The summed E-state index contributed by atoms with van der Waals surface area (Å²) in [6.07, 6.45) is 7.71. The molecule has 12 heterocycles. The number of carbonyl (C=O) groups excluding carboxylic acids is 3. The lowest BCUT2D eigenvalue weighted by atomic mass is 9.86. The van der Waals surface area contributed by atoms with Gasteiger partial charge in [-0.05, 0) is 180 Å². The molecule has 0 saturated carbocycles. The summed E-state index contributed by atoms with van der Waals surface area (Å²) in [6.45, 7) is 0. The number of fused-ring (bicyclic) bond motifs is 6. The zero-order valence-corrected chi connectivity index (χ0v) is 52.1. The maximum Gasteiger partial charge on any atom is 0.417 e. The van der Waals surface area contributed by atoms with Crippen LogP contribution in [0.1, 0.15) is 123 Å². The molecule has 0 aliphatic carbocycles. The molecule has 0 spiro atoms. The third-order valence-electron chi connectivity index (χ3n) is 19.6. The second-order valence-electron chi connectivity index (χ2n) is 25.4. The summed E-state index contributed by atoms with van der Waals surface area (Å²) in [4.78, 5) is 83.6. The predicted octanol–water partition coefficient (Wildman–Crippen LogP) is 14.7. The van der Waals surface area contributed by atoms with Gasteiger partial charge in [0, 0.05) is 126 Å². The smallest absolute Gasteiger partial charge is 0.332 e. The molecule has 15 rings (SSSR count). The van der Waals surface area contributed by atoms with Crippen LogP contribution in [-0.2, 0) is 37.8 Å². The van der Waals surface area contributed by atoms with Gasteiger partial charge in [0.2, 0.25) is 0 Å². The second-order valence-corrected chi connectivity index (χ2v) is 25.4. The highest BCUT2D eigenvalue weighted by Crippen LogP contribution is 2.48. The number of halogens is 11. The molecule has 9 unspecified atom stereocenters. The van der Waals surface area contributed by atoms with E-state index in [-0.39, 0.29) is 82.8 Å². The van der Waals surface area contributed by atoms with Crippen LogP contribution in [0.5, 0.6) is 0 Å². The zero-order chi connectivity index (χ0) is 68.6. The van der Waals surface area contributed by atoms with Gasteiger partial charge in [-0.25, -0.2) is 38.7 Å². The van der Waals surface area contributed by atoms with Crippen molar-refractivity contribution in [3.63, 3.8) is 0 Å². The Morgan fingerprint density at radius 2 is 0.745 bits per heavy atom. The van der Waals surface area contributed by atoms with Gasteiger partial charge in [-0.2, -0.15) is 39.5 Å². The predicted molar refractivity (Wildman–Crippen MR) is 334 cm³/mol. The Kier molecular flexibility index (Phi) is 18.7. The zero-order valence-electron chi connectivity index (χ0n) is 52.1. The summed E-state index contributed by atoms with van der Waals surface area (Å²) in [5.74, 6) is -0.401. The number of rotatable bonds is 12. The average molecular weight is 1350 g/mol. The van der Waals surface area contributed by atoms with Crippen LogP contribution in [0.15, 0.2) is 171 Å². The highest BCUT2D eigenvalue weighted by Gasteiger charge is 2.52. The molecule has 0 radical (unpaired) electrons. The lowest BCUT2D eigenvalue weighted by Crippen LogP contribution is -2.37. The van der Waals surface area contributed by atoms with E-state index >= 15 is 0 Å². The highest BCUT2D eigenvalue weighted by molar-refractivity contribution is 6.02. The van der Waals surface area contributed by atoms with Crippen molar-refractivity contribution in [2.24, 2.45) is 17.8 Å². The Hall–Kier alpha value is -10.0. The fourth-order valence-electron chi connectivity index (χ4n) is 15.3. The van der Waals surface area contributed by atoms with Crippen LogP contribution in [0.2, 0.25) is 0 Å². The Bertz CT molecular complexity index is 4330. The normalized spacial score (nSPS) is 22.2. The van der Waals surface area contributed by atoms with E-state index in [0.29, 0.717) is 76.7 Å². The van der Waals surface area contributed by atoms with Gasteiger partial charge in [0.05, 0.1) is 33.4 Å². The summed E-state index contributed by atoms with van der Waals surface area (Å²) >= 11 is 0. The van der Waals surface area contributed by atoms with Gasteiger partial charge in [0.1, 0.15) is 11.6 Å². The Labute approximate surface area is 554 Å². The Morgan fingerprint density at radius 3 is 1.14 bits per heavy atom. The number of nitrogens with zero attached hydrogens (tertiary/aromatic N) is 12. The summed E-state index contributed by atoms with van der Waals surface area (Å²) in [5.41, 5.74) is 1.68. The quantitative estimate of drug-likeness (QED) is 0.106. The standard InChI is InChI=1S/2C24H20F4N4O.C24H21F3N4O/c25-16-3-6-19(22-29-8-1-9-30-22)20(12-16)23(33)32-18-5-7-21(32)14(11-18)10-17-4-2-15(13-31-17)24(26,27)28;25-19-4-1-3-18(22-29-9-2-10-30-22)21(19)23(33)32-17-7-8-20(32)14(12-17)11-16-6-5-15(13-31-16)24(26,27)28;25-24(26,27)16-6-7-17(30-14-16)12-15-13-18-8-9-21(15)31(18)23(32)20-5-2-1-4-19(20)22-28-10-3-11-29-22/h1-4,6,8-9,12-14,18,21H,5,7,10-11H2;1-6,9-10,13-14,17,20H,7-8,11-12H2;1-7,10-11,14-15,18,21H,8-9,12-13H2. The molecule has 504 valence electrons. The molecule has 3 aromatic carbocycles. The van der Waals surface area contributed by atoms with E-state index in [1.807, 2.05) is 28.0 Å². The molecular formula is C72H61F11N12O3. The second kappa shape index (κ2) is 27.5. The number of aromatic nitrogens is 9. The van der Waals surface area contributed by atoms with Crippen molar-refractivity contribution in [2.45, 2.75) is 132 Å². The van der Waals surface area contributed by atoms with Crippen molar-refractivity contribution in [2.75, 3.05) is 0 Å². The van der Waals surface area contributed by atoms with Crippen LogP contribution < -0.4 is 0 Å². The van der Waals surface area contributed by atoms with Crippen LogP contribution >= 0.6 is 0 Å². The molecule has 9 atom stereocenters. The minimum absolute atomic E-state index is 0.00903. The topological polar surface area (TPSA) is 177 Å². The van der Waals surface area contributed by atoms with Crippen LogP contribution in [-0.4, -0.2) is 114 Å². The molecule has 9 aromatic rings. The first-order valence-electron chi connectivity index (χ1n) is 32.1. The number of pyridine rings is 3. The summed E-state index contributed by atoms with van der Waals surface area (Å²) in [7, 11) is 0. The van der Waals surface area contributed by atoms with Crippen LogP contribution in [0, 0.1) is 29.4 Å². The molecule has 6 aliphatic heterocycles. The van der Waals surface area contributed by atoms with Crippen LogP contribution in [0.25, 0.3) is 34.2 Å². The van der Waals surface area contributed by atoms with E-state index in [1.54, 1.807) is 60.0 Å². The monoisotopic (exact) mass is 1350 g/mol. The van der Waals surface area contributed by atoms with Crippen molar-refractivity contribution < 1.29 is 62.7 Å². The number of benzene rings is 3. The van der Waals surface area contributed by atoms with E-state index in [0.717, 1.165) is 88.2 Å². The highest BCUT2D eigenvalue weighted by atomic mass is 19.4. The molecule has 15 nitrogen and oxygen atoms in total. The SMILES string of the molecule is O=C(c1c(F)cccc1-c1ncccn1)N1C2CCC1C(Cc1ccc(C(F)(F)F)cn1)C2.O=C(c1cc(F)ccc1-c1ncccn1)N1C2CCC1C(Cc1ccc(C(F)(F)F)cn1)C2.O=C(c1ccccc1-c1ncccn1)N1C2CCC1C(Cc1ccc(C(F)(F)F)cn1)C2. The number of alkyl halides is 9. The van der Waals surface area contributed by atoms with Crippen molar-refractivity contribution in [1.82, 2.24) is 59.6 Å². The summed E-state index contributed by atoms with van der Waals surface area (Å²) < 4.78 is 144. The lowest BCUT2D eigenvalue weighted by Gasteiger charge is -2.25. The van der Waals surface area contributed by atoms with Gasteiger partial charge in [-0.3, -0.25) is 29.3 Å². The Balaban J connectivity index is 0.000000132. The molecule has 98 heavy (non-hydrogen) atoms. The van der Waals surface area contributed by atoms with E-state index in [2.05, 4.69) is 44.9 Å². The average Bonchev–Trinajstić information content (AvgIpc) is 1.61. The number of carbonyl (C=O) groups is 3. The third kappa shape index (κ3) is 14.0. The van der Waals surface area contributed by atoms with Crippen molar-refractivity contribution in [3.8, 4) is 34.2 Å². The van der Waals surface area contributed by atoms with Gasteiger partial charge in [0.15, 0.2) is 17.5 Å². The molecule has 3 amide bonds. The van der Waals surface area contributed by atoms with Gasteiger partial charge in [-0.15, -0.1) is 0 Å². The van der Waals surface area contributed by atoms with Gasteiger partial charge >= 0.3 is 18.5 Å². The molecule has 6 aromatic heterocycles. The maximum absolute atomic E-state index is 14.9. The maximum atomic E-state index is 14.9. The molecule has 6 saturated heterocycles. The van der Waals surface area contributed by atoms with Gasteiger partial charge in [0.25, 0.3) is 17.7 Å². The number of hydrogen-bond acceptors (Lipinski definition) is 12. The van der Waals surface area contributed by atoms with Gasteiger partial charge < -0.3 is 14.7 Å². The van der Waals surface area contributed by atoms with E-state index in [4.69, 9.17) is 0 Å². The first-order chi connectivity index (χ1) is 47.0. The number of hydrogen-bond donors (Lipinski definition) is 0. The fraction of sp³-hybridized carbons (Fsp3) is 0.333. The van der Waals surface area contributed by atoms with Crippen LogP contribution in [0.4, 0.5) is 48.3 Å². The number of amides is 3. The first-order valence-corrected chi connectivity index (χ1v) is 32.1. The largest absolute Gasteiger partial charge is 0.417 e. The molecule has 0 N–H and O–H groups in total.